The number of carbonyl (C=O) groups excluding carboxylic acids is 1. The predicted molar refractivity (Wildman–Crippen MR) is 132 cm³/mol. The second-order valence-electron chi connectivity index (χ2n) is 8.85. The lowest BCUT2D eigenvalue weighted by Gasteiger charge is -2.29. The summed E-state index contributed by atoms with van der Waals surface area (Å²) < 4.78 is 5.40. The Morgan fingerprint density at radius 2 is 1.43 bits per heavy atom. The van der Waals surface area contributed by atoms with Crippen LogP contribution in [-0.4, -0.2) is 27.1 Å². The average Bonchev–Trinajstić information content (AvgIpc) is 3.41. The molecule has 0 atom stereocenters. The van der Waals surface area contributed by atoms with Gasteiger partial charge in [-0.15, -0.1) is 0 Å². The van der Waals surface area contributed by atoms with Crippen molar-refractivity contribution in [2.75, 3.05) is 5.32 Å². The third kappa shape index (κ3) is 4.57. The number of aliphatic carboxylic acids is 1. The molecule has 0 saturated heterocycles. The number of hydrogen-bond acceptors (Lipinski definition) is 5. The second-order valence-corrected chi connectivity index (χ2v) is 8.85. The Bertz CT molecular complexity index is 1320. The SMILES string of the molecule is O=C(Nc1ccc(-c2ccccc2)cc1)c1ccc(-c2noc(C3(C(=O)O)CCCCC3)n2)cc1. The fourth-order valence-electron chi connectivity index (χ4n) is 4.56. The van der Waals surface area contributed by atoms with E-state index in [1.165, 1.54) is 0 Å². The number of benzene rings is 3. The molecule has 1 heterocycles. The van der Waals surface area contributed by atoms with Gasteiger partial charge >= 0.3 is 5.97 Å². The van der Waals surface area contributed by atoms with Gasteiger partial charge in [0.1, 0.15) is 5.41 Å². The molecule has 1 aliphatic rings. The number of carbonyl (C=O) groups is 2. The van der Waals surface area contributed by atoms with E-state index in [0.29, 0.717) is 35.5 Å². The Hall–Kier alpha value is -4.26. The topological polar surface area (TPSA) is 105 Å². The lowest BCUT2D eigenvalue weighted by atomic mass is 9.74. The van der Waals surface area contributed by atoms with E-state index >= 15 is 0 Å². The molecule has 0 spiro atoms. The zero-order valence-electron chi connectivity index (χ0n) is 19.1. The Labute approximate surface area is 202 Å². The van der Waals surface area contributed by atoms with Crippen LogP contribution in [0.2, 0.25) is 0 Å². The first-order valence-corrected chi connectivity index (χ1v) is 11.7. The summed E-state index contributed by atoms with van der Waals surface area (Å²) >= 11 is 0. The van der Waals surface area contributed by atoms with Crippen LogP contribution in [0.5, 0.6) is 0 Å². The van der Waals surface area contributed by atoms with Gasteiger partial charge in [-0.1, -0.05) is 79.0 Å². The van der Waals surface area contributed by atoms with Crippen molar-refractivity contribution < 1.29 is 19.2 Å². The molecular weight excluding hydrogens is 442 g/mol. The zero-order valence-corrected chi connectivity index (χ0v) is 19.1. The van der Waals surface area contributed by atoms with Crippen LogP contribution in [0.15, 0.2) is 83.4 Å². The van der Waals surface area contributed by atoms with Crippen molar-refractivity contribution in [1.82, 2.24) is 10.1 Å². The molecular formula is C28H25N3O4. The number of rotatable bonds is 6. The number of aromatic nitrogens is 2. The normalized spacial score (nSPS) is 14.9. The molecule has 0 aliphatic heterocycles. The molecule has 1 amide bonds. The summed E-state index contributed by atoms with van der Waals surface area (Å²) in [5.41, 5.74) is 2.92. The van der Waals surface area contributed by atoms with Crippen molar-refractivity contribution in [3.63, 3.8) is 0 Å². The van der Waals surface area contributed by atoms with Crippen LogP contribution in [0.4, 0.5) is 5.69 Å². The van der Waals surface area contributed by atoms with Gasteiger partial charge in [0.15, 0.2) is 0 Å². The second kappa shape index (κ2) is 9.54. The van der Waals surface area contributed by atoms with E-state index in [4.69, 9.17) is 4.52 Å². The first-order valence-electron chi connectivity index (χ1n) is 11.7. The van der Waals surface area contributed by atoms with Gasteiger partial charge in [0.25, 0.3) is 5.91 Å². The molecule has 1 aliphatic carbocycles. The minimum Gasteiger partial charge on any atom is -0.480 e. The van der Waals surface area contributed by atoms with Gasteiger partial charge in [-0.05, 0) is 48.2 Å². The zero-order chi connectivity index (χ0) is 24.3. The lowest BCUT2D eigenvalue weighted by molar-refractivity contribution is -0.146. The van der Waals surface area contributed by atoms with Crippen molar-refractivity contribution in [3.8, 4) is 22.5 Å². The van der Waals surface area contributed by atoms with Gasteiger partial charge in [0.2, 0.25) is 11.7 Å². The number of nitrogens with one attached hydrogen (secondary N) is 1. The summed E-state index contributed by atoms with van der Waals surface area (Å²) in [7, 11) is 0. The summed E-state index contributed by atoms with van der Waals surface area (Å²) in [5, 5.41) is 16.8. The third-order valence-electron chi connectivity index (χ3n) is 6.61. The number of amides is 1. The highest BCUT2D eigenvalue weighted by Gasteiger charge is 2.46. The highest BCUT2D eigenvalue weighted by atomic mass is 16.5. The van der Waals surface area contributed by atoms with E-state index in [0.717, 1.165) is 30.4 Å². The highest BCUT2D eigenvalue weighted by molar-refractivity contribution is 6.04. The minimum absolute atomic E-state index is 0.153. The number of nitrogens with zero attached hydrogens (tertiary/aromatic N) is 2. The van der Waals surface area contributed by atoms with Crippen LogP contribution in [0.1, 0.15) is 48.4 Å². The van der Waals surface area contributed by atoms with Crippen molar-refractivity contribution in [1.29, 1.82) is 0 Å². The summed E-state index contributed by atoms with van der Waals surface area (Å²) in [6.07, 6.45) is 3.65. The van der Waals surface area contributed by atoms with Crippen molar-refractivity contribution in [2.24, 2.45) is 0 Å². The molecule has 0 unspecified atom stereocenters. The molecule has 0 bridgehead atoms. The first-order chi connectivity index (χ1) is 17.0. The Morgan fingerprint density at radius 1 is 0.800 bits per heavy atom. The smallest absolute Gasteiger partial charge is 0.319 e. The van der Waals surface area contributed by atoms with E-state index in [1.807, 2.05) is 54.6 Å². The Balaban J connectivity index is 1.28. The molecule has 5 rings (SSSR count). The van der Waals surface area contributed by atoms with E-state index in [1.54, 1.807) is 24.3 Å². The van der Waals surface area contributed by atoms with E-state index < -0.39 is 11.4 Å². The number of anilines is 1. The average molecular weight is 468 g/mol. The van der Waals surface area contributed by atoms with Gasteiger partial charge in [0, 0.05) is 16.8 Å². The minimum atomic E-state index is -1.11. The van der Waals surface area contributed by atoms with Crippen molar-refractivity contribution in [3.05, 3.63) is 90.3 Å². The molecule has 7 nitrogen and oxygen atoms in total. The van der Waals surface area contributed by atoms with Crippen LogP contribution < -0.4 is 5.32 Å². The fourth-order valence-corrected chi connectivity index (χ4v) is 4.56. The molecule has 35 heavy (non-hydrogen) atoms. The van der Waals surface area contributed by atoms with Crippen LogP contribution in [0, 0.1) is 0 Å². The maximum Gasteiger partial charge on any atom is 0.319 e. The molecule has 4 aromatic rings. The molecule has 2 N–H and O–H groups in total. The van der Waals surface area contributed by atoms with Gasteiger partial charge in [-0.3, -0.25) is 9.59 Å². The molecule has 7 heteroatoms. The van der Waals surface area contributed by atoms with Crippen LogP contribution in [-0.2, 0) is 10.2 Å². The fraction of sp³-hybridized carbons (Fsp3) is 0.214. The quantitative estimate of drug-likeness (QED) is 0.363. The van der Waals surface area contributed by atoms with Crippen LogP contribution in [0.25, 0.3) is 22.5 Å². The molecule has 1 aromatic heterocycles. The van der Waals surface area contributed by atoms with E-state index in [9.17, 15) is 14.7 Å². The maximum absolute atomic E-state index is 12.7. The molecule has 176 valence electrons. The van der Waals surface area contributed by atoms with Gasteiger partial charge in [-0.25, -0.2) is 0 Å². The molecule has 3 aromatic carbocycles. The maximum atomic E-state index is 12.7. The van der Waals surface area contributed by atoms with Crippen molar-refractivity contribution in [2.45, 2.75) is 37.5 Å². The lowest BCUT2D eigenvalue weighted by Crippen LogP contribution is -2.38. The highest BCUT2D eigenvalue weighted by Crippen LogP contribution is 2.39. The summed E-state index contributed by atoms with van der Waals surface area (Å²) in [4.78, 5) is 29.1. The predicted octanol–water partition coefficient (Wildman–Crippen LogP) is 5.94. The number of hydrogen-bond donors (Lipinski definition) is 2. The van der Waals surface area contributed by atoms with Crippen LogP contribution >= 0.6 is 0 Å². The van der Waals surface area contributed by atoms with Crippen molar-refractivity contribution >= 4 is 17.6 Å². The van der Waals surface area contributed by atoms with Gasteiger partial charge in [0.05, 0.1) is 0 Å². The first kappa shape index (κ1) is 22.5. The Kier molecular flexibility index (Phi) is 6.14. The third-order valence-corrected chi connectivity index (χ3v) is 6.61. The monoisotopic (exact) mass is 467 g/mol. The van der Waals surface area contributed by atoms with E-state index in [2.05, 4.69) is 15.5 Å². The van der Waals surface area contributed by atoms with Gasteiger partial charge < -0.3 is 14.9 Å². The number of carboxylic acid groups (broad SMARTS) is 1. The summed E-state index contributed by atoms with van der Waals surface area (Å²) in [6, 6.07) is 24.6. The summed E-state index contributed by atoms with van der Waals surface area (Å²) in [6.45, 7) is 0. The Morgan fingerprint density at radius 3 is 2.09 bits per heavy atom. The molecule has 1 fully saturated rings. The molecule has 1 saturated carbocycles. The van der Waals surface area contributed by atoms with Gasteiger partial charge in [-0.2, -0.15) is 4.98 Å². The standard InChI is InChI=1S/C28H25N3O4/c32-25(29-23-15-13-20(14-16-23)19-7-3-1-4-8-19)22-11-9-21(10-12-22)24-30-26(35-31-24)28(27(33)34)17-5-2-6-18-28/h1,3-4,7-16H,2,5-6,17-18H2,(H,29,32)(H,33,34). The number of carboxylic acids is 1. The largest absolute Gasteiger partial charge is 0.480 e. The summed E-state index contributed by atoms with van der Waals surface area (Å²) in [5.74, 6) is -0.684. The molecule has 0 radical (unpaired) electrons. The van der Waals surface area contributed by atoms with Crippen LogP contribution in [0.3, 0.4) is 0 Å². The van der Waals surface area contributed by atoms with E-state index in [-0.39, 0.29) is 11.8 Å².